The van der Waals surface area contributed by atoms with Crippen molar-refractivity contribution in [1.82, 2.24) is 9.88 Å². The summed E-state index contributed by atoms with van der Waals surface area (Å²) in [4.78, 5) is 6.89. The van der Waals surface area contributed by atoms with Gasteiger partial charge in [-0.25, -0.2) is 4.39 Å². The quantitative estimate of drug-likeness (QED) is 0.770. The molecule has 3 heterocycles. The number of halogens is 1. The third-order valence-electron chi connectivity index (χ3n) is 5.88. The van der Waals surface area contributed by atoms with Crippen LogP contribution in [0.1, 0.15) is 48.3 Å². The van der Waals surface area contributed by atoms with Crippen molar-refractivity contribution in [3.8, 4) is 11.5 Å². The molecule has 0 spiro atoms. The SMILES string of the molecule is Cc1cc(C[C@H]2CCCN([C@H](C)c3cc4c(cc3F)OCCO4)C2)cc(C)n1. The summed E-state index contributed by atoms with van der Waals surface area (Å²) in [5.74, 6) is 1.54. The number of likely N-dealkylation sites (tertiary alicyclic amines) is 1. The van der Waals surface area contributed by atoms with Gasteiger partial charge in [-0.05, 0) is 76.3 Å². The molecule has 4 rings (SSSR count). The zero-order valence-corrected chi connectivity index (χ0v) is 17.0. The Morgan fingerprint density at radius 1 is 1.11 bits per heavy atom. The van der Waals surface area contributed by atoms with Gasteiger partial charge in [-0.1, -0.05) is 0 Å². The molecule has 5 heteroatoms. The molecule has 2 atom stereocenters. The molecule has 2 aliphatic heterocycles. The zero-order chi connectivity index (χ0) is 19.7. The third-order valence-corrected chi connectivity index (χ3v) is 5.88. The molecule has 0 radical (unpaired) electrons. The first-order valence-corrected chi connectivity index (χ1v) is 10.3. The van der Waals surface area contributed by atoms with Gasteiger partial charge in [0.25, 0.3) is 0 Å². The fraction of sp³-hybridized carbons (Fsp3) is 0.522. The van der Waals surface area contributed by atoms with Crippen LogP contribution in [-0.2, 0) is 6.42 Å². The van der Waals surface area contributed by atoms with E-state index in [-0.39, 0.29) is 11.9 Å². The maximum Gasteiger partial charge on any atom is 0.164 e. The van der Waals surface area contributed by atoms with E-state index in [0.29, 0.717) is 36.2 Å². The van der Waals surface area contributed by atoms with Crippen molar-refractivity contribution in [3.63, 3.8) is 0 Å². The Kier molecular flexibility index (Phi) is 5.54. The molecule has 2 aromatic rings. The topological polar surface area (TPSA) is 34.6 Å². The van der Waals surface area contributed by atoms with Crippen molar-refractivity contribution in [2.45, 2.75) is 46.1 Å². The molecule has 2 aliphatic rings. The Morgan fingerprint density at radius 2 is 1.79 bits per heavy atom. The van der Waals surface area contributed by atoms with E-state index in [1.165, 1.54) is 18.1 Å². The smallest absolute Gasteiger partial charge is 0.164 e. The Labute approximate surface area is 166 Å². The number of nitrogens with zero attached hydrogens (tertiary/aromatic N) is 2. The van der Waals surface area contributed by atoms with E-state index in [1.54, 1.807) is 0 Å². The third kappa shape index (κ3) is 4.14. The summed E-state index contributed by atoms with van der Waals surface area (Å²) in [6, 6.07) is 7.70. The van der Waals surface area contributed by atoms with Crippen molar-refractivity contribution in [1.29, 1.82) is 0 Å². The number of pyridine rings is 1. The molecule has 0 unspecified atom stereocenters. The van der Waals surface area contributed by atoms with Gasteiger partial charge < -0.3 is 9.47 Å². The van der Waals surface area contributed by atoms with Crippen LogP contribution in [0, 0.1) is 25.6 Å². The number of fused-ring (bicyclic) bond motifs is 1. The monoisotopic (exact) mass is 384 g/mol. The lowest BCUT2D eigenvalue weighted by molar-refractivity contribution is 0.128. The fourth-order valence-electron chi connectivity index (χ4n) is 4.58. The van der Waals surface area contributed by atoms with Gasteiger partial charge in [0.1, 0.15) is 19.0 Å². The van der Waals surface area contributed by atoms with E-state index in [0.717, 1.165) is 37.3 Å². The Balaban J connectivity index is 1.48. The van der Waals surface area contributed by atoms with Gasteiger partial charge in [0.2, 0.25) is 0 Å². The molecule has 0 aliphatic carbocycles. The van der Waals surface area contributed by atoms with E-state index in [1.807, 2.05) is 6.07 Å². The second-order valence-corrected chi connectivity index (χ2v) is 8.16. The zero-order valence-electron chi connectivity index (χ0n) is 17.0. The van der Waals surface area contributed by atoms with E-state index in [4.69, 9.17) is 9.47 Å². The van der Waals surface area contributed by atoms with Gasteiger partial charge in [0, 0.05) is 35.6 Å². The number of aryl methyl sites for hydroxylation is 2. The van der Waals surface area contributed by atoms with Crippen LogP contribution in [0.2, 0.25) is 0 Å². The summed E-state index contributed by atoms with van der Waals surface area (Å²) in [6.07, 6.45) is 3.41. The molecular weight excluding hydrogens is 355 g/mol. The number of rotatable bonds is 4. The molecule has 0 amide bonds. The first-order chi connectivity index (χ1) is 13.5. The molecule has 1 aromatic heterocycles. The molecular formula is C23H29FN2O2. The Morgan fingerprint density at radius 3 is 2.50 bits per heavy atom. The first-order valence-electron chi connectivity index (χ1n) is 10.3. The maximum atomic E-state index is 14.7. The number of ether oxygens (including phenoxy) is 2. The number of aromatic nitrogens is 1. The van der Waals surface area contributed by atoms with Gasteiger partial charge in [-0.3, -0.25) is 9.88 Å². The van der Waals surface area contributed by atoms with Crippen molar-refractivity contribution < 1.29 is 13.9 Å². The number of benzene rings is 1. The highest BCUT2D eigenvalue weighted by Crippen LogP contribution is 2.37. The fourth-order valence-corrected chi connectivity index (χ4v) is 4.58. The second kappa shape index (κ2) is 8.08. The molecule has 1 aromatic carbocycles. The molecule has 4 nitrogen and oxygen atoms in total. The van der Waals surface area contributed by atoms with Crippen LogP contribution in [0.4, 0.5) is 4.39 Å². The lowest BCUT2D eigenvalue weighted by atomic mass is 9.89. The summed E-state index contributed by atoms with van der Waals surface area (Å²) in [5, 5.41) is 0. The van der Waals surface area contributed by atoms with Crippen LogP contribution in [0.15, 0.2) is 24.3 Å². The minimum Gasteiger partial charge on any atom is -0.486 e. The van der Waals surface area contributed by atoms with Crippen LogP contribution in [-0.4, -0.2) is 36.2 Å². The number of piperidine rings is 1. The molecule has 0 bridgehead atoms. The van der Waals surface area contributed by atoms with E-state index < -0.39 is 0 Å². The normalized spacial score (nSPS) is 20.8. The lowest BCUT2D eigenvalue weighted by Gasteiger charge is -2.37. The minimum atomic E-state index is -0.209. The van der Waals surface area contributed by atoms with Gasteiger partial charge >= 0.3 is 0 Å². The Bertz CT molecular complexity index is 834. The maximum absolute atomic E-state index is 14.7. The van der Waals surface area contributed by atoms with Crippen molar-refractivity contribution >= 4 is 0 Å². The van der Waals surface area contributed by atoms with Crippen molar-refractivity contribution in [2.24, 2.45) is 5.92 Å². The summed E-state index contributed by atoms with van der Waals surface area (Å²) in [6.45, 7) is 9.17. The van der Waals surface area contributed by atoms with E-state index >= 15 is 0 Å². The average molecular weight is 384 g/mol. The number of hydrogen-bond acceptors (Lipinski definition) is 4. The average Bonchev–Trinajstić information content (AvgIpc) is 2.66. The van der Waals surface area contributed by atoms with Crippen LogP contribution >= 0.6 is 0 Å². The van der Waals surface area contributed by atoms with Crippen LogP contribution in [0.25, 0.3) is 0 Å². The van der Waals surface area contributed by atoms with E-state index in [9.17, 15) is 4.39 Å². The predicted molar refractivity (Wildman–Crippen MR) is 108 cm³/mol. The summed E-state index contributed by atoms with van der Waals surface area (Å²) in [5.41, 5.74) is 4.21. The summed E-state index contributed by atoms with van der Waals surface area (Å²) < 4.78 is 25.9. The molecule has 0 N–H and O–H groups in total. The van der Waals surface area contributed by atoms with Crippen LogP contribution in [0.3, 0.4) is 0 Å². The van der Waals surface area contributed by atoms with Gasteiger partial charge in [-0.15, -0.1) is 0 Å². The molecule has 0 saturated carbocycles. The standard InChI is InChI=1S/C23H29FN2O2/c1-15-9-19(10-16(2)25-15)11-18-5-4-6-26(14-18)17(3)20-12-22-23(13-21(20)24)28-8-7-27-22/h9-10,12-13,17-18H,4-8,11,14H2,1-3H3/t17-,18-/m1/s1. The Hall–Kier alpha value is -2.14. The molecule has 150 valence electrons. The summed E-state index contributed by atoms with van der Waals surface area (Å²) in [7, 11) is 0. The second-order valence-electron chi connectivity index (χ2n) is 8.16. The largest absolute Gasteiger partial charge is 0.486 e. The number of hydrogen-bond donors (Lipinski definition) is 0. The van der Waals surface area contributed by atoms with E-state index in [2.05, 4.69) is 42.8 Å². The lowest BCUT2D eigenvalue weighted by Crippen LogP contribution is -2.38. The highest BCUT2D eigenvalue weighted by molar-refractivity contribution is 5.45. The highest BCUT2D eigenvalue weighted by atomic mass is 19.1. The van der Waals surface area contributed by atoms with Gasteiger partial charge in [0.05, 0.1) is 0 Å². The van der Waals surface area contributed by atoms with Gasteiger partial charge in [0.15, 0.2) is 11.5 Å². The minimum absolute atomic E-state index is 0.0135. The van der Waals surface area contributed by atoms with Crippen LogP contribution < -0.4 is 9.47 Å². The molecule has 28 heavy (non-hydrogen) atoms. The molecule has 1 saturated heterocycles. The highest BCUT2D eigenvalue weighted by Gasteiger charge is 2.27. The van der Waals surface area contributed by atoms with Crippen molar-refractivity contribution in [2.75, 3.05) is 26.3 Å². The predicted octanol–water partition coefficient (Wildman–Crippen LogP) is 4.62. The van der Waals surface area contributed by atoms with Crippen LogP contribution in [0.5, 0.6) is 11.5 Å². The van der Waals surface area contributed by atoms with Gasteiger partial charge in [-0.2, -0.15) is 0 Å². The summed E-state index contributed by atoms with van der Waals surface area (Å²) >= 11 is 0. The molecule has 1 fully saturated rings. The van der Waals surface area contributed by atoms with Crippen molar-refractivity contribution in [3.05, 3.63) is 52.6 Å². The first kappa shape index (κ1) is 19.2.